The molecule has 3 fully saturated rings. The number of carbonyl (C=O) groups excluding carboxylic acids is 1. The van der Waals surface area contributed by atoms with Crippen LogP contribution in [0.4, 0.5) is 18.9 Å². The molecule has 4 atom stereocenters. The first-order valence-corrected chi connectivity index (χ1v) is 9.67. The number of hydrazine groups is 1. The highest BCUT2D eigenvalue weighted by Crippen LogP contribution is 2.39. The topological polar surface area (TPSA) is 68.9 Å². The Kier molecular flexibility index (Phi) is 4.22. The van der Waals surface area contributed by atoms with Crippen LogP contribution in [0.25, 0.3) is 0 Å². The van der Waals surface area contributed by atoms with Gasteiger partial charge in [0.25, 0.3) is 5.91 Å². The molecule has 4 aliphatic heterocycles. The van der Waals surface area contributed by atoms with E-state index < -0.39 is 24.2 Å². The molecule has 0 radical (unpaired) electrons. The van der Waals surface area contributed by atoms with E-state index in [0.29, 0.717) is 23.2 Å². The average molecular weight is 460 g/mol. The number of likely N-dealkylation sites (tertiary alicyclic amines) is 1. The first-order valence-electron chi connectivity index (χ1n) is 8.88. The van der Waals surface area contributed by atoms with Gasteiger partial charge in [-0.25, -0.2) is 5.43 Å². The molecular weight excluding hydrogens is 443 g/mol. The van der Waals surface area contributed by atoms with Crippen LogP contribution in [0, 0.1) is 0 Å². The smallest absolute Gasteiger partial charge is 0.375 e. The van der Waals surface area contributed by atoms with E-state index in [-0.39, 0.29) is 23.7 Å². The van der Waals surface area contributed by atoms with Crippen LogP contribution in [0.1, 0.15) is 12.0 Å². The summed E-state index contributed by atoms with van der Waals surface area (Å²) in [6.07, 6.45) is -3.00. The Balaban J connectivity index is 1.39. The number of morpholine rings is 1. The monoisotopic (exact) mass is 459 g/mol. The molecule has 7 nitrogen and oxygen atoms in total. The van der Waals surface area contributed by atoms with Crippen molar-refractivity contribution in [3.8, 4) is 0 Å². The second-order valence-corrected chi connectivity index (χ2v) is 8.18. The number of carbonyl (C=O) groups is 1. The van der Waals surface area contributed by atoms with E-state index in [0.717, 1.165) is 12.5 Å². The predicted octanol–water partition coefficient (Wildman–Crippen LogP) is 1.48. The summed E-state index contributed by atoms with van der Waals surface area (Å²) in [6.45, 7) is 1.34. The van der Waals surface area contributed by atoms with Crippen molar-refractivity contribution in [1.82, 2.24) is 21.0 Å². The molecule has 4 aliphatic rings. The molecule has 1 aromatic carbocycles. The van der Waals surface area contributed by atoms with Crippen LogP contribution >= 0.6 is 15.9 Å². The molecule has 0 aliphatic carbocycles. The van der Waals surface area contributed by atoms with E-state index in [9.17, 15) is 18.0 Å². The van der Waals surface area contributed by atoms with Gasteiger partial charge < -0.3 is 10.1 Å². The van der Waals surface area contributed by atoms with Gasteiger partial charge in [0.05, 0.1) is 29.5 Å². The molecule has 150 valence electrons. The Morgan fingerprint density at radius 2 is 2.11 bits per heavy atom. The van der Waals surface area contributed by atoms with Gasteiger partial charge in [0.2, 0.25) is 0 Å². The summed E-state index contributed by atoms with van der Waals surface area (Å²) in [5, 5.41) is 7.42. The second-order valence-electron chi connectivity index (χ2n) is 7.26. The number of hydrogen-bond donors (Lipinski definition) is 3. The Morgan fingerprint density at radius 1 is 1.29 bits per heavy atom. The summed E-state index contributed by atoms with van der Waals surface area (Å²) in [4.78, 5) is 14.7. The van der Waals surface area contributed by atoms with Crippen molar-refractivity contribution in [2.75, 3.05) is 18.2 Å². The number of amides is 1. The number of ether oxygens (including phenoxy) is 1. The van der Waals surface area contributed by atoms with Gasteiger partial charge in [-0.15, -0.1) is 0 Å². The fourth-order valence-electron chi connectivity index (χ4n) is 4.19. The summed E-state index contributed by atoms with van der Waals surface area (Å²) in [7, 11) is 0. The molecule has 11 heteroatoms. The van der Waals surface area contributed by atoms with E-state index in [2.05, 4.69) is 36.9 Å². The zero-order valence-electron chi connectivity index (χ0n) is 14.5. The standard InChI is InChI=1S/C17H17BrF3N5O2/c18-8-1-2-13(12(3-8)17(19,20)21)26-6-11-14(24-26)22-16(23-15(11)27)25-5-10-4-9(25)7-28-10/h1-3,6,9-10,14,16,22,24H,4-5,7H2,(H,23,27)/t9-,10-,14?,16?/m1/s1. The van der Waals surface area contributed by atoms with Crippen LogP contribution in [0.15, 0.2) is 34.4 Å². The molecule has 28 heavy (non-hydrogen) atoms. The number of nitrogens with one attached hydrogen (secondary N) is 3. The number of rotatable bonds is 2. The molecule has 5 rings (SSSR count). The van der Waals surface area contributed by atoms with Gasteiger partial charge in [-0.05, 0) is 24.6 Å². The van der Waals surface area contributed by atoms with Crippen molar-refractivity contribution >= 4 is 27.5 Å². The lowest BCUT2D eigenvalue weighted by Gasteiger charge is -2.40. The molecule has 1 amide bonds. The molecule has 0 spiro atoms. The minimum atomic E-state index is -4.53. The summed E-state index contributed by atoms with van der Waals surface area (Å²) < 4.78 is 46.3. The van der Waals surface area contributed by atoms with E-state index in [1.807, 2.05) is 0 Å². The first-order chi connectivity index (χ1) is 13.3. The summed E-state index contributed by atoms with van der Waals surface area (Å²) >= 11 is 3.08. The van der Waals surface area contributed by atoms with Crippen molar-refractivity contribution < 1.29 is 22.7 Å². The van der Waals surface area contributed by atoms with Gasteiger partial charge in [-0.3, -0.25) is 20.0 Å². The lowest BCUT2D eigenvalue weighted by molar-refractivity contribution is -0.137. The van der Waals surface area contributed by atoms with Gasteiger partial charge in [0.15, 0.2) is 0 Å². The quantitative estimate of drug-likeness (QED) is 0.622. The van der Waals surface area contributed by atoms with Gasteiger partial charge in [0.1, 0.15) is 12.5 Å². The Bertz CT molecular complexity index is 864. The molecule has 0 saturated carbocycles. The number of anilines is 1. The van der Waals surface area contributed by atoms with Crippen molar-refractivity contribution in [3.63, 3.8) is 0 Å². The highest BCUT2D eigenvalue weighted by atomic mass is 79.9. The maximum absolute atomic E-state index is 13.5. The minimum Gasteiger partial charge on any atom is -0.375 e. The number of benzene rings is 1. The Hall–Kier alpha value is -1.66. The molecule has 4 heterocycles. The molecule has 0 aromatic heterocycles. The zero-order chi connectivity index (χ0) is 19.6. The number of nitrogens with zero attached hydrogens (tertiary/aromatic N) is 2. The molecule has 3 saturated heterocycles. The molecular formula is C17H17BrF3N5O2. The Labute approximate surface area is 167 Å². The fourth-order valence-corrected chi connectivity index (χ4v) is 4.55. The third-order valence-electron chi connectivity index (χ3n) is 5.50. The average Bonchev–Trinajstić information content (AvgIpc) is 3.35. The van der Waals surface area contributed by atoms with Crippen LogP contribution in [-0.4, -0.2) is 48.6 Å². The SMILES string of the molecule is O=C1NC(N2C[C@H]3C[C@@H]2CO3)NC2NN(c3ccc(Br)cc3C(F)(F)F)C=C12. The first kappa shape index (κ1) is 18.4. The van der Waals surface area contributed by atoms with Crippen LogP contribution in [-0.2, 0) is 15.7 Å². The fraction of sp³-hybridized carbons (Fsp3) is 0.471. The van der Waals surface area contributed by atoms with Gasteiger partial charge in [-0.1, -0.05) is 15.9 Å². The van der Waals surface area contributed by atoms with Gasteiger partial charge in [0, 0.05) is 23.3 Å². The third-order valence-corrected chi connectivity index (χ3v) is 5.99. The van der Waals surface area contributed by atoms with Crippen LogP contribution in [0.5, 0.6) is 0 Å². The van der Waals surface area contributed by atoms with Crippen LogP contribution < -0.4 is 21.1 Å². The van der Waals surface area contributed by atoms with Crippen LogP contribution in [0.3, 0.4) is 0 Å². The van der Waals surface area contributed by atoms with E-state index in [4.69, 9.17) is 4.74 Å². The number of alkyl halides is 3. The van der Waals surface area contributed by atoms with Crippen molar-refractivity contribution in [1.29, 1.82) is 0 Å². The second kappa shape index (κ2) is 6.42. The number of fused-ring (bicyclic) bond motifs is 3. The van der Waals surface area contributed by atoms with Crippen LogP contribution in [0.2, 0.25) is 0 Å². The normalized spacial score (nSPS) is 32.5. The largest absolute Gasteiger partial charge is 0.418 e. The summed E-state index contributed by atoms with van der Waals surface area (Å²) in [5.41, 5.74) is 2.44. The van der Waals surface area contributed by atoms with E-state index in [1.54, 1.807) is 0 Å². The predicted molar refractivity (Wildman–Crippen MR) is 96.5 cm³/mol. The number of halogens is 4. The summed E-state index contributed by atoms with van der Waals surface area (Å²) in [6, 6.07) is 4.15. The maximum Gasteiger partial charge on any atom is 0.418 e. The van der Waals surface area contributed by atoms with E-state index >= 15 is 0 Å². The molecule has 2 bridgehead atoms. The molecule has 3 N–H and O–H groups in total. The highest BCUT2D eigenvalue weighted by molar-refractivity contribution is 9.10. The molecule has 2 unspecified atom stereocenters. The maximum atomic E-state index is 13.5. The zero-order valence-corrected chi connectivity index (χ0v) is 16.0. The van der Waals surface area contributed by atoms with Crippen molar-refractivity contribution in [2.45, 2.75) is 37.2 Å². The van der Waals surface area contributed by atoms with Crippen molar-refractivity contribution in [2.24, 2.45) is 0 Å². The van der Waals surface area contributed by atoms with E-state index in [1.165, 1.54) is 23.3 Å². The Morgan fingerprint density at radius 3 is 2.79 bits per heavy atom. The third kappa shape index (κ3) is 3.01. The van der Waals surface area contributed by atoms with Gasteiger partial charge >= 0.3 is 6.18 Å². The number of hydrogen-bond acceptors (Lipinski definition) is 6. The molecule has 1 aromatic rings. The van der Waals surface area contributed by atoms with Gasteiger partial charge in [-0.2, -0.15) is 13.2 Å². The lowest BCUT2D eigenvalue weighted by atomic mass is 10.1. The summed E-state index contributed by atoms with van der Waals surface area (Å²) in [5.74, 6) is -0.307. The van der Waals surface area contributed by atoms with Crippen molar-refractivity contribution in [3.05, 3.63) is 40.0 Å². The lowest BCUT2D eigenvalue weighted by Crippen LogP contribution is -2.68. The minimum absolute atomic E-state index is 0.0719. The highest BCUT2D eigenvalue weighted by Gasteiger charge is 2.47.